The van der Waals surface area contributed by atoms with Gasteiger partial charge in [-0.2, -0.15) is 0 Å². The molecule has 3 heterocycles. The number of carbonyl (C=O) groups is 2. The van der Waals surface area contributed by atoms with E-state index >= 15 is 0 Å². The van der Waals surface area contributed by atoms with Crippen molar-refractivity contribution in [2.45, 2.75) is 178 Å². The number of cyclic esters (lactones) is 1. The minimum absolute atomic E-state index is 0.00122. The fourth-order valence-electron chi connectivity index (χ4n) is 8.33. The van der Waals surface area contributed by atoms with Crippen molar-refractivity contribution in [1.29, 1.82) is 0 Å². The quantitative estimate of drug-likeness (QED) is 0.182. The summed E-state index contributed by atoms with van der Waals surface area (Å²) in [5.41, 5.74) is 6.27. The highest BCUT2D eigenvalue weighted by molar-refractivity contribution is 5.71. The van der Waals surface area contributed by atoms with Gasteiger partial charge in [-0.05, 0) is 56.8 Å². The number of allylic oxidation sites excluding steroid dienone is 13. The lowest BCUT2D eigenvalue weighted by Gasteiger charge is -2.45. The Morgan fingerprint density at radius 3 is 1.82 bits per heavy atom. The Morgan fingerprint density at radius 1 is 0.662 bits per heavy atom. The standard InChI is InChI=1S/C49H77NO15/c1-29-19-17-15-13-11-9-7-8-10-12-14-16-18-20-38(64-48-46(58)45(50)32(4)34(6)63-48)26-42-44(47(59)60)41(56)28-49(61,65-42)27-37(53)24-40(55)39(54)22-21-35(51)23-36(52)25-43(57)62-33(5)31(3)30(29)2/h7-20,29-42,44-46,48,51-56,58,61H,21-28,50H2,1-6H3,(H,59,60)/b8-7+,11-9+,12-10+,15-13+,16-14+,19-17+,20-18+/t29-,30+,31+,32?,33-,34?,35+,36+,37-,38-,39+,40+,41-,42-,44+,45?,46?,48?,49+/m0/s1. The lowest BCUT2D eigenvalue weighted by atomic mass is 9.82. The van der Waals surface area contributed by atoms with Crippen LogP contribution < -0.4 is 5.73 Å². The highest BCUT2D eigenvalue weighted by Crippen LogP contribution is 2.38. The Labute approximate surface area is 384 Å². The van der Waals surface area contributed by atoms with Gasteiger partial charge in [-0.25, -0.2) is 0 Å². The molecule has 2 saturated heterocycles. The summed E-state index contributed by atoms with van der Waals surface area (Å²) in [6.45, 7) is 11.6. The number of rotatable bonds is 3. The first-order chi connectivity index (χ1) is 30.6. The van der Waals surface area contributed by atoms with Gasteiger partial charge in [0.15, 0.2) is 12.1 Å². The van der Waals surface area contributed by atoms with Crippen molar-refractivity contribution in [3.05, 3.63) is 85.1 Å². The van der Waals surface area contributed by atoms with Crippen molar-refractivity contribution in [1.82, 2.24) is 0 Å². The third-order valence-electron chi connectivity index (χ3n) is 13.1. The number of aliphatic hydroxyl groups is 8. The molecule has 0 radical (unpaired) electrons. The molecule has 16 nitrogen and oxygen atoms in total. The number of hydrogen-bond acceptors (Lipinski definition) is 15. The zero-order chi connectivity index (χ0) is 48.4. The van der Waals surface area contributed by atoms with Crippen LogP contribution in [-0.4, -0.2) is 143 Å². The molecule has 3 rings (SSSR count). The average Bonchev–Trinajstić information content (AvgIpc) is 3.21. The maximum Gasteiger partial charge on any atom is 0.311 e. The summed E-state index contributed by atoms with van der Waals surface area (Å²) in [6.07, 6.45) is 8.77. The number of carbonyl (C=O) groups excluding carboxylic acids is 1. The average molecular weight is 920 g/mol. The first-order valence-corrected chi connectivity index (χ1v) is 23.0. The van der Waals surface area contributed by atoms with Gasteiger partial charge in [-0.15, -0.1) is 0 Å². The number of ether oxygens (including phenoxy) is 4. The number of hydrogen-bond donors (Lipinski definition) is 10. The lowest BCUT2D eigenvalue weighted by molar-refractivity contribution is -0.307. The summed E-state index contributed by atoms with van der Waals surface area (Å²) in [5, 5.41) is 97.4. The first kappa shape index (κ1) is 56.0. The number of nitrogens with two attached hydrogens (primary N) is 1. The van der Waals surface area contributed by atoms with Crippen LogP contribution in [0.25, 0.3) is 0 Å². The van der Waals surface area contributed by atoms with E-state index in [2.05, 4.69) is 19.9 Å². The third-order valence-corrected chi connectivity index (χ3v) is 13.1. The maximum absolute atomic E-state index is 12.7. The largest absolute Gasteiger partial charge is 0.481 e. The van der Waals surface area contributed by atoms with Crippen LogP contribution >= 0.6 is 0 Å². The number of esters is 1. The van der Waals surface area contributed by atoms with Crippen molar-refractivity contribution < 1.29 is 74.5 Å². The Bertz CT molecular complexity index is 1660. The van der Waals surface area contributed by atoms with Gasteiger partial charge in [0, 0.05) is 31.7 Å². The van der Waals surface area contributed by atoms with Crippen molar-refractivity contribution >= 4 is 11.9 Å². The first-order valence-electron chi connectivity index (χ1n) is 23.0. The molecule has 0 aromatic carbocycles. The molecule has 0 saturated carbocycles. The topological polar surface area (TPSA) is 279 Å². The highest BCUT2D eigenvalue weighted by Gasteiger charge is 2.51. The van der Waals surface area contributed by atoms with E-state index < -0.39 is 122 Å². The van der Waals surface area contributed by atoms with E-state index in [1.54, 1.807) is 44.2 Å². The molecule has 2 fully saturated rings. The van der Waals surface area contributed by atoms with Crippen LogP contribution in [0.15, 0.2) is 85.1 Å². The van der Waals surface area contributed by atoms with E-state index in [1.165, 1.54) is 0 Å². The van der Waals surface area contributed by atoms with Crippen molar-refractivity contribution in [3.8, 4) is 0 Å². The second-order valence-electron chi connectivity index (χ2n) is 18.3. The minimum Gasteiger partial charge on any atom is -0.481 e. The molecule has 368 valence electrons. The van der Waals surface area contributed by atoms with Gasteiger partial charge in [0.2, 0.25) is 0 Å². The Kier molecular flexibility index (Phi) is 23.6. The highest BCUT2D eigenvalue weighted by atomic mass is 16.7. The summed E-state index contributed by atoms with van der Waals surface area (Å²) in [4.78, 5) is 25.2. The van der Waals surface area contributed by atoms with Crippen molar-refractivity contribution in [2.75, 3.05) is 0 Å². The normalized spacial score (nSPS) is 45.5. The van der Waals surface area contributed by atoms with Gasteiger partial charge >= 0.3 is 11.9 Å². The van der Waals surface area contributed by atoms with Crippen molar-refractivity contribution in [2.24, 2.45) is 35.3 Å². The molecule has 5 unspecified atom stereocenters. The maximum atomic E-state index is 12.7. The van der Waals surface area contributed by atoms with Crippen LogP contribution in [0.5, 0.6) is 0 Å². The van der Waals surface area contributed by atoms with Crippen LogP contribution in [-0.2, 0) is 28.5 Å². The van der Waals surface area contributed by atoms with Gasteiger partial charge in [-0.3, -0.25) is 9.59 Å². The van der Waals surface area contributed by atoms with E-state index in [0.717, 1.165) is 0 Å². The van der Waals surface area contributed by atoms with Crippen LogP contribution in [0, 0.1) is 29.6 Å². The summed E-state index contributed by atoms with van der Waals surface area (Å²) in [6, 6.07) is -0.695. The van der Waals surface area contributed by atoms with Gasteiger partial charge in [0.25, 0.3) is 0 Å². The van der Waals surface area contributed by atoms with Crippen LogP contribution in [0.2, 0.25) is 0 Å². The van der Waals surface area contributed by atoms with E-state index in [-0.39, 0.29) is 55.8 Å². The Balaban J connectivity index is 1.86. The smallest absolute Gasteiger partial charge is 0.311 e. The summed E-state index contributed by atoms with van der Waals surface area (Å²) >= 11 is 0. The summed E-state index contributed by atoms with van der Waals surface area (Å²) < 4.78 is 23.7. The molecule has 0 aliphatic carbocycles. The Hall–Kier alpha value is -3.36. The number of aliphatic carboxylic acids is 1. The van der Waals surface area contributed by atoms with Gasteiger partial charge in [0.1, 0.15) is 18.1 Å². The molecule has 0 spiro atoms. The fraction of sp³-hybridized carbons (Fsp3) is 0.673. The fourth-order valence-corrected chi connectivity index (χ4v) is 8.33. The predicted octanol–water partition coefficient (Wildman–Crippen LogP) is 3.26. The van der Waals surface area contributed by atoms with E-state index in [1.807, 2.05) is 62.5 Å². The summed E-state index contributed by atoms with van der Waals surface area (Å²) in [5.74, 6) is -5.71. The monoisotopic (exact) mass is 920 g/mol. The number of aliphatic hydroxyl groups excluding tert-OH is 7. The predicted molar refractivity (Wildman–Crippen MR) is 243 cm³/mol. The Morgan fingerprint density at radius 2 is 1.23 bits per heavy atom. The molecule has 19 atom stereocenters. The van der Waals surface area contributed by atoms with Gasteiger partial charge in [0.05, 0.1) is 61.4 Å². The van der Waals surface area contributed by atoms with Crippen LogP contribution in [0.4, 0.5) is 0 Å². The molecule has 3 aliphatic rings. The van der Waals surface area contributed by atoms with E-state index in [9.17, 15) is 55.5 Å². The molecule has 0 aromatic heterocycles. The molecule has 3 aliphatic heterocycles. The third kappa shape index (κ3) is 18.7. The lowest BCUT2D eigenvalue weighted by Crippen LogP contribution is -2.58. The second-order valence-corrected chi connectivity index (χ2v) is 18.3. The zero-order valence-corrected chi connectivity index (χ0v) is 38.7. The van der Waals surface area contributed by atoms with Crippen LogP contribution in [0.1, 0.15) is 92.9 Å². The molecule has 16 heteroatoms. The van der Waals surface area contributed by atoms with E-state index in [4.69, 9.17) is 24.7 Å². The number of carboxylic acids is 1. The molecule has 0 aromatic rings. The SMILES string of the molecule is CC1OC(O[C@H]2/C=C/C=C/C=C/C=C/C=C/C=C/C=C/[C@H](C)[C@@H](C)[C@@H](C)[C@H](C)OC(=O)C[C@H](O)C[C@H](O)CC[C@@H](O)[C@H](O)C[C@H](O)C[C@]3(O)C[C@H](O)[C@@H](C(=O)O)[C@H](C2)O3)C(O)C(N)C1C. The number of carboxylic acid groups (broad SMARTS) is 1. The second kappa shape index (κ2) is 27.5. The van der Waals surface area contributed by atoms with E-state index in [0.29, 0.717) is 0 Å². The molecular weight excluding hydrogens is 843 g/mol. The molecule has 0 amide bonds. The molecular formula is C49H77NO15. The zero-order valence-electron chi connectivity index (χ0n) is 38.7. The van der Waals surface area contributed by atoms with Crippen molar-refractivity contribution in [3.63, 3.8) is 0 Å². The summed E-state index contributed by atoms with van der Waals surface area (Å²) in [7, 11) is 0. The molecule has 2 bridgehead atoms. The minimum atomic E-state index is -2.28. The molecule has 11 N–H and O–H groups in total. The number of fused-ring (bicyclic) bond motifs is 2. The van der Waals surface area contributed by atoms with Gasteiger partial charge in [-0.1, -0.05) is 113 Å². The molecule has 65 heavy (non-hydrogen) atoms. The van der Waals surface area contributed by atoms with Gasteiger partial charge < -0.3 is 70.6 Å². The van der Waals surface area contributed by atoms with Crippen LogP contribution in [0.3, 0.4) is 0 Å².